The topological polar surface area (TPSA) is 76.5 Å². The van der Waals surface area contributed by atoms with Crippen LogP contribution in [0.2, 0.25) is 0 Å². The molecule has 0 aliphatic heterocycles. The Morgan fingerprint density at radius 2 is 2.24 bits per heavy atom. The fourth-order valence-electron chi connectivity index (χ4n) is 1.60. The second-order valence-electron chi connectivity index (χ2n) is 4.28. The minimum Gasteiger partial charge on any atom is -0.452 e. The highest BCUT2D eigenvalue weighted by molar-refractivity contribution is 9.10. The molecular weight excluding hydrogens is 308 g/mol. The van der Waals surface area contributed by atoms with E-state index in [-0.39, 0.29) is 16.1 Å². The fourth-order valence-corrected chi connectivity index (χ4v) is 3.81. The van der Waals surface area contributed by atoms with Crippen molar-refractivity contribution in [1.29, 1.82) is 0 Å². The molecule has 96 valence electrons. The van der Waals surface area contributed by atoms with Gasteiger partial charge in [-0.15, -0.1) is 0 Å². The van der Waals surface area contributed by atoms with Crippen molar-refractivity contribution in [1.82, 2.24) is 4.31 Å². The first kappa shape index (κ1) is 13.1. The third-order valence-corrected chi connectivity index (χ3v) is 5.49. The lowest BCUT2D eigenvalue weighted by Crippen LogP contribution is -2.28. The molecule has 1 aromatic heterocycles. The molecule has 1 fully saturated rings. The Morgan fingerprint density at radius 3 is 2.71 bits per heavy atom. The summed E-state index contributed by atoms with van der Waals surface area (Å²) < 4.78 is 31.3. The lowest BCUT2D eigenvalue weighted by Gasteiger charge is -2.15. The zero-order valence-corrected chi connectivity index (χ0v) is 11.9. The van der Waals surface area contributed by atoms with Gasteiger partial charge in [0.05, 0.1) is 6.54 Å². The van der Waals surface area contributed by atoms with Crippen LogP contribution in [0.5, 0.6) is 0 Å². The van der Waals surface area contributed by atoms with Crippen LogP contribution in [0.15, 0.2) is 20.0 Å². The normalized spacial score (nSPS) is 16.7. The SMILES string of the molecule is CN(CC1CC1)S(=O)(=O)c1cc(CN)oc1Br. The van der Waals surface area contributed by atoms with Gasteiger partial charge >= 0.3 is 0 Å². The van der Waals surface area contributed by atoms with Crippen LogP contribution in [0.25, 0.3) is 0 Å². The zero-order valence-electron chi connectivity index (χ0n) is 9.52. The van der Waals surface area contributed by atoms with Crippen molar-refractivity contribution in [3.63, 3.8) is 0 Å². The van der Waals surface area contributed by atoms with Crippen molar-refractivity contribution in [2.24, 2.45) is 11.7 Å². The molecule has 1 aliphatic carbocycles. The van der Waals surface area contributed by atoms with Gasteiger partial charge in [-0.25, -0.2) is 12.7 Å². The molecule has 1 heterocycles. The average Bonchev–Trinajstić information content (AvgIpc) is 2.99. The number of rotatable bonds is 5. The van der Waals surface area contributed by atoms with Crippen LogP contribution < -0.4 is 5.73 Å². The summed E-state index contributed by atoms with van der Waals surface area (Å²) >= 11 is 3.12. The lowest BCUT2D eigenvalue weighted by atomic mass is 10.4. The fraction of sp³-hybridized carbons (Fsp3) is 0.600. The van der Waals surface area contributed by atoms with Crippen molar-refractivity contribution in [3.05, 3.63) is 16.5 Å². The highest BCUT2D eigenvalue weighted by Gasteiger charge is 2.31. The van der Waals surface area contributed by atoms with Crippen molar-refractivity contribution < 1.29 is 12.8 Å². The van der Waals surface area contributed by atoms with Crippen molar-refractivity contribution in [2.75, 3.05) is 13.6 Å². The molecule has 5 nitrogen and oxygen atoms in total. The number of furan rings is 1. The van der Waals surface area contributed by atoms with Gasteiger partial charge in [0, 0.05) is 19.7 Å². The van der Waals surface area contributed by atoms with Crippen LogP contribution in [0, 0.1) is 5.92 Å². The first-order chi connectivity index (χ1) is 7.95. The van der Waals surface area contributed by atoms with E-state index in [1.165, 1.54) is 10.4 Å². The van der Waals surface area contributed by atoms with E-state index in [1.807, 2.05) is 0 Å². The van der Waals surface area contributed by atoms with Crippen molar-refractivity contribution in [3.8, 4) is 0 Å². The molecule has 0 amide bonds. The summed E-state index contributed by atoms with van der Waals surface area (Å²) in [5, 5.41) is 0. The maximum atomic E-state index is 12.2. The Kier molecular flexibility index (Phi) is 3.63. The minimum absolute atomic E-state index is 0.154. The van der Waals surface area contributed by atoms with E-state index in [4.69, 9.17) is 10.2 Å². The predicted molar refractivity (Wildman–Crippen MR) is 66.8 cm³/mol. The maximum absolute atomic E-state index is 12.2. The van der Waals surface area contributed by atoms with Crippen LogP contribution in [0.4, 0.5) is 0 Å². The van der Waals surface area contributed by atoms with Gasteiger partial charge in [-0.05, 0) is 34.7 Å². The van der Waals surface area contributed by atoms with E-state index in [0.717, 1.165) is 12.8 Å². The summed E-state index contributed by atoms with van der Waals surface area (Å²) in [5.41, 5.74) is 5.42. The van der Waals surface area contributed by atoms with Gasteiger partial charge in [0.1, 0.15) is 10.7 Å². The zero-order chi connectivity index (χ0) is 12.6. The van der Waals surface area contributed by atoms with Crippen LogP contribution in [-0.4, -0.2) is 26.3 Å². The summed E-state index contributed by atoms with van der Waals surface area (Å²) in [7, 11) is -1.88. The summed E-state index contributed by atoms with van der Waals surface area (Å²) in [6.07, 6.45) is 2.22. The van der Waals surface area contributed by atoms with E-state index in [0.29, 0.717) is 18.2 Å². The standard InChI is InChI=1S/C10H15BrN2O3S/c1-13(6-7-2-3-7)17(14,15)9-4-8(5-12)16-10(9)11/h4,7H,2-3,5-6,12H2,1H3. The molecule has 17 heavy (non-hydrogen) atoms. The maximum Gasteiger partial charge on any atom is 0.247 e. The number of nitrogens with two attached hydrogens (primary N) is 1. The van der Waals surface area contributed by atoms with Gasteiger partial charge in [-0.3, -0.25) is 0 Å². The molecule has 0 atom stereocenters. The highest BCUT2D eigenvalue weighted by atomic mass is 79.9. The third kappa shape index (κ3) is 2.73. The summed E-state index contributed by atoms with van der Waals surface area (Å²) in [6, 6.07) is 1.48. The van der Waals surface area contributed by atoms with Gasteiger partial charge in [-0.2, -0.15) is 0 Å². The Hall–Kier alpha value is -0.370. The van der Waals surface area contributed by atoms with Gasteiger partial charge in [0.25, 0.3) is 0 Å². The van der Waals surface area contributed by atoms with E-state index < -0.39 is 10.0 Å². The quantitative estimate of drug-likeness (QED) is 0.891. The van der Waals surface area contributed by atoms with Gasteiger partial charge in [0.2, 0.25) is 10.0 Å². The molecule has 2 rings (SSSR count). The lowest BCUT2D eigenvalue weighted by molar-refractivity contribution is 0.447. The van der Waals surface area contributed by atoms with Crippen LogP contribution in [0.1, 0.15) is 18.6 Å². The largest absolute Gasteiger partial charge is 0.452 e. The number of sulfonamides is 1. The minimum atomic E-state index is -3.48. The number of nitrogens with zero attached hydrogens (tertiary/aromatic N) is 1. The molecular formula is C10H15BrN2O3S. The summed E-state index contributed by atoms with van der Waals surface area (Å²) in [4.78, 5) is 0.154. The van der Waals surface area contributed by atoms with E-state index in [9.17, 15) is 8.42 Å². The molecule has 0 unspecified atom stereocenters. The molecule has 2 N–H and O–H groups in total. The molecule has 0 spiro atoms. The van der Waals surface area contributed by atoms with Gasteiger partial charge in [0.15, 0.2) is 4.67 Å². The molecule has 0 aromatic carbocycles. The van der Waals surface area contributed by atoms with Crippen LogP contribution in [-0.2, 0) is 16.6 Å². The van der Waals surface area contributed by atoms with Gasteiger partial charge < -0.3 is 10.2 Å². The van der Waals surface area contributed by atoms with Crippen LogP contribution >= 0.6 is 15.9 Å². The molecule has 0 bridgehead atoms. The molecule has 0 saturated heterocycles. The Labute approximate surface area is 109 Å². The predicted octanol–water partition coefficient (Wildman–Crippen LogP) is 1.53. The second kappa shape index (κ2) is 4.72. The second-order valence-corrected chi connectivity index (χ2v) is 7.02. The Bertz CT molecular complexity index is 508. The third-order valence-electron chi connectivity index (χ3n) is 2.81. The smallest absolute Gasteiger partial charge is 0.247 e. The molecule has 1 saturated carbocycles. The van der Waals surface area contributed by atoms with Crippen LogP contribution in [0.3, 0.4) is 0 Å². The number of hydrogen-bond acceptors (Lipinski definition) is 4. The average molecular weight is 323 g/mol. The number of halogens is 1. The molecule has 0 radical (unpaired) electrons. The summed E-state index contributed by atoms with van der Waals surface area (Å²) in [5.74, 6) is 0.963. The first-order valence-corrected chi connectivity index (χ1v) is 7.63. The molecule has 1 aromatic rings. The Morgan fingerprint density at radius 1 is 1.59 bits per heavy atom. The van der Waals surface area contributed by atoms with Gasteiger partial charge in [-0.1, -0.05) is 0 Å². The monoisotopic (exact) mass is 322 g/mol. The molecule has 7 heteroatoms. The Balaban J connectivity index is 2.25. The first-order valence-electron chi connectivity index (χ1n) is 5.39. The van der Waals surface area contributed by atoms with Crippen molar-refractivity contribution in [2.45, 2.75) is 24.3 Å². The highest BCUT2D eigenvalue weighted by Crippen LogP contribution is 2.33. The van der Waals surface area contributed by atoms with E-state index in [1.54, 1.807) is 7.05 Å². The van der Waals surface area contributed by atoms with Crippen molar-refractivity contribution >= 4 is 26.0 Å². The summed E-state index contributed by atoms with van der Waals surface area (Å²) in [6.45, 7) is 0.748. The van der Waals surface area contributed by atoms with E-state index in [2.05, 4.69) is 15.9 Å². The number of hydrogen-bond donors (Lipinski definition) is 1. The van der Waals surface area contributed by atoms with E-state index >= 15 is 0 Å². The molecule has 1 aliphatic rings.